The fourth-order valence-electron chi connectivity index (χ4n) is 1.86. The lowest BCUT2D eigenvalue weighted by atomic mass is 9.86. The molecule has 1 aliphatic rings. The third-order valence-corrected chi connectivity index (χ3v) is 4.28. The molecule has 2 nitrogen and oxygen atoms in total. The molecule has 0 aliphatic heterocycles. The Hall–Kier alpha value is -0.440. The highest BCUT2D eigenvalue weighted by Crippen LogP contribution is 2.34. The van der Waals surface area contributed by atoms with Gasteiger partial charge in [-0.1, -0.05) is 12.2 Å². The molecule has 1 atom stereocenters. The highest BCUT2D eigenvalue weighted by atomic mass is 32.3. The highest BCUT2D eigenvalue weighted by molar-refractivity contribution is 8.32. The summed E-state index contributed by atoms with van der Waals surface area (Å²) in [6.07, 6.45) is 10.7. The summed E-state index contributed by atoms with van der Waals surface area (Å²) in [7, 11) is -0.556. The molecule has 1 unspecified atom stereocenters. The van der Waals surface area contributed by atoms with Crippen molar-refractivity contribution in [2.45, 2.75) is 25.7 Å². The summed E-state index contributed by atoms with van der Waals surface area (Å²) < 4.78 is 5.35. The van der Waals surface area contributed by atoms with Gasteiger partial charge in [0.15, 0.2) is 0 Å². The first kappa shape index (κ1) is 13.6. The molecule has 1 rings (SSSR count). The fraction of sp³-hybridized carbons (Fsp3) is 0.769. The summed E-state index contributed by atoms with van der Waals surface area (Å²) in [5.41, 5.74) is 1.20. The molecule has 0 saturated heterocycles. The van der Waals surface area contributed by atoms with Gasteiger partial charge in [-0.25, -0.2) is 10.0 Å². The van der Waals surface area contributed by atoms with E-state index < -0.39 is 10.0 Å². The van der Waals surface area contributed by atoms with Gasteiger partial charge in [-0.3, -0.25) is 4.79 Å². The van der Waals surface area contributed by atoms with E-state index in [0.29, 0.717) is 6.61 Å². The second-order valence-corrected chi connectivity index (χ2v) is 10.1. The molecule has 1 fully saturated rings. The van der Waals surface area contributed by atoms with E-state index in [1.807, 2.05) is 0 Å². The van der Waals surface area contributed by atoms with Crippen LogP contribution in [0.5, 0.6) is 0 Å². The summed E-state index contributed by atoms with van der Waals surface area (Å²) in [5.74, 6) is 1.08. The van der Waals surface area contributed by atoms with Crippen LogP contribution in [-0.4, -0.2) is 37.1 Å². The number of esters is 1. The highest BCUT2D eigenvalue weighted by Gasteiger charge is 2.24. The number of carbonyl (C=O) groups excluding carboxylic acids is 1. The number of ether oxygens (including phenoxy) is 1. The number of hydrogen-bond acceptors (Lipinski definition) is 2. The maximum absolute atomic E-state index is 11.8. The minimum atomic E-state index is -0.556. The summed E-state index contributed by atoms with van der Waals surface area (Å²) in [4.78, 5) is 11.8. The molecule has 0 N–H and O–H groups in total. The second-order valence-electron chi connectivity index (χ2n) is 5.51. The van der Waals surface area contributed by atoms with Crippen LogP contribution in [0.1, 0.15) is 25.7 Å². The average Bonchev–Trinajstić information content (AvgIpc) is 2.15. The van der Waals surface area contributed by atoms with Crippen molar-refractivity contribution in [3.8, 4) is 0 Å². The fourth-order valence-corrected chi connectivity index (χ4v) is 2.45. The number of hydrogen-bond donors (Lipinski definition) is 0. The van der Waals surface area contributed by atoms with Crippen molar-refractivity contribution >= 4 is 16.0 Å². The SMILES string of the molecule is C=C1CCCC(C(=O)OCCS(C)(C)C)C1. The third kappa shape index (κ3) is 5.06. The van der Waals surface area contributed by atoms with E-state index in [2.05, 4.69) is 25.3 Å². The normalized spacial score (nSPS) is 22.9. The molecule has 0 aromatic heterocycles. The molecule has 1 aliphatic carbocycles. The number of carbonyl (C=O) groups is 1. The van der Waals surface area contributed by atoms with E-state index in [1.165, 1.54) is 5.57 Å². The minimum absolute atomic E-state index is 0.00972. The molecule has 0 bridgehead atoms. The Morgan fingerprint density at radius 3 is 2.75 bits per heavy atom. The van der Waals surface area contributed by atoms with Gasteiger partial charge in [-0.15, -0.1) is 0 Å². The van der Waals surface area contributed by atoms with Crippen LogP contribution in [0.3, 0.4) is 0 Å². The zero-order chi connectivity index (χ0) is 12.2. The largest absolute Gasteiger partial charge is 0.465 e. The van der Waals surface area contributed by atoms with Crippen molar-refractivity contribution in [2.75, 3.05) is 31.1 Å². The third-order valence-electron chi connectivity index (χ3n) is 2.89. The van der Waals surface area contributed by atoms with Crippen LogP contribution in [0.4, 0.5) is 0 Å². The van der Waals surface area contributed by atoms with Gasteiger partial charge in [0.25, 0.3) is 0 Å². The first-order valence-electron chi connectivity index (χ1n) is 5.88. The Balaban J connectivity index is 2.27. The van der Waals surface area contributed by atoms with Gasteiger partial charge >= 0.3 is 5.97 Å². The molecule has 0 radical (unpaired) electrons. The summed E-state index contributed by atoms with van der Waals surface area (Å²) in [6.45, 7) is 4.55. The molecule has 0 aromatic carbocycles. The predicted octanol–water partition coefficient (Wildman–Crippen LogP) is 2.97. The van der Waals surface area contributed by atoms with Crippen LogP contribution in [0, 0.1) is 5.92 Å². The molecule has 94 valence electrons. The van der Waals surface area contributed by atoms with Crippen molar-refractivity contribution in [2.24, 2.45) is 5.92 Å². The average molecular weight is 244 g/mol. The quantitative estimate of drug-likeness (QED) is 0.561. The first-order valence-corrected chi connectivity index (χ1v) is 8.90. The number of rotatable bonds is 4. The smallest absolute Gasteiger partial charge is 0.309 e. The van der Waals surface area contributed by atoms with Crippen LogP contribution in [0.15, 0.2) is 12.2 Å². The predicted molar refractivity (Wildman–Crippen MR) is 72.3 cm³/mol. The van der Waals surface area contributed by atoms with E-state index in [-0.39, 0.29) is 11.9 Å². The van der Waals surface area contributed by atoms with Gasteiger partial charge in [0.1, 0.15) is 0 Å². The summed E-state index contributed by atoms with van der Waals surface area (Å²) in [6, 6.07) is 0. The van der Waals surface area contributed by atoms with E-state index in [4.69, 9.17) is 4.74 Å². The summed E-state index contributed by atoms with van der Waals surface area (Å²) in [5, 5.41) is 0. The molecular weight excluding hydrogens is 220 g/mol. The summed E-state index contributed by atoms with van der Waals surface area (Å²) >= 11 is 0. The zero-order valence-corrected chi connectivity index (χ0v) is 11.6. The van der Waals surface area contributed by atoms with Crippen LogP contribution >= 0.6 is 10.0 Å². The van der Waals surface area contributed by atoms with Crippen LogP contribution < -0.4 is 0 Å². The Morgan fingerprint density at radius 1 is 1.50 bits per heavy atom. The van der Waals surface area contributed by atoms with Gasteiger partial charge in [-0.2, -0.15) is 0 Å². The van der Waals surface area contributed by atoms with E-state index in [1.54, 1.807) is 0 Å². The minimum Gasteiger partial charge on any atom is -0.465 e. The topological polar surface area (TPSA) is 26.3 Å². The van der Waals surface area contributed by atoms with E-state index >= 15 is 0 Å². The van der Waals surface area contributed by atoms with E-state index in [9.17, 15) is 4.79 Å². The van der Waals surface area contributed by atoms with Crippen molar-refractivity contribution in [3.63, 3.8) is 0 Å². The molecule has 0 amide bonds. The molecular formula is C13H24O2S. The van der Waals surface area contributed by atoms with Crippen molar-refractivity contribution in [1.82, 2.24) is 0 Å². The van der Waals surface area contributed by atoms with Gasteiger partial charge < -0.3 is 4.74 Å². The maximum atomic E-state index is 11.8. The number of allylic oxidation sites excluding steroid dienone is 1. The molecule has 1 saturated carbocycles. The van der Waals surface area contributed by atoms with Crippen LogP contribution in [0.2, 0.25) is 0 Å². The van der Waals surface area contributed by atoms with Gasteiger partial charge in [0.05, 0.1) is 12.5 Å². The van der Waals surface area contributed by atoms with Gasteiger partial charge in [0, 0.05) is 5.75 Å². The monoisotopic (exact) mass is 244 g/mol. The van der Waals surface area contributed by atoms with Crippen molar-refractivity contribution in [3.05, 3.63) is 12.2 Å². The van der Waals surface area contributed by atoms with Gasteiger partial charge in [0.2, 0.25) is 0 Å². The Morgan fingerprint density at radius 2 is 2.19 bits per heavy atom. The lowest BCUT2D eigenvalue weighted by Crippen LogP contribution is -2.23. The molecule has 0 heterocycles. The molecule has 3 heteroatoms. The lowest BCUT2D eigenvalue weighted by Gasteiger charge is -2.26. The second kappa shape index (κ2) is 5.76. The lowest BCUT2D eigenvalue weighted by molar-refractivity contribution is -0.148. The first-order chi connectivity index (χ1) is 7.38. The zero-order valence-electron chi connectivity index (χ0n) is 10.8. The molecule has 0 aromatic rings. The van der Waals surface area contributed by atoms with Crippen molar-refractivity contribution in [1.29, 1.82) is 0 Å². The maximum Gasteiger partial charge on any atom is 0.309 e. The van der Waals surface area contributed by atoms with Crippen LogP contribution in [0.25, 0.3) is 0 Å². The van der Waals surface area contributed by atoms with Gasteiger partial charge in [-0.05, 0) is 44.5 Å². The van der Waals surface area contributed by atoms with Crippen molar-refractivity contribution < 1.29 is 9.53 Å². The molecule has 0 spiro atoms. The van der Waals surface area contributed by atoms with Crippen LogP contribution in [-0.2, 0) is 9.53 Å². The Labute approximate surface area is 101 Å². The molecule has 16 heavy (non-hydrogen) atoms. The Bertz CT molecular complexity index is 266. The Kier molecular flexibility index (Phi) is 4.90. The standard InChI is InChI=1S/C13H24O2S/c1-11-6-5-7-12(10-11)13(14)15-8-9-16(2,3)4/h12H,1,5-10H2,2-4H3. The van der Waals surface area contributed by atoms with E-state index in [0.717, 1.165) is 31.4 Å².